The Hall–Kier alpha value is -3.63. The molecule has 4 atom stereocenters. The van der Waals surface area contributed by atoms with Gasteiger partial charge in [-0.3, -0.25) is 4.79 Å². The number of benzene rings is 1. The second kappa shape index (κ2) is 11.9. The van der Waals surface area contributed by atoms with Crippen LogP contribution in [0.3, 0.4) is 0 Å². The molecule has 216 valence electrons. The molecule has 1 aromatic heterocycles. The highest BCUT2D eigenvalue weighted by Gasteiger charge is 2.57. The van der Waals surface area contributed by atoms with E-state index in [1.54, 1.807) is 17.2 Å². The summed E-state index contributed by atoms with van der Waals surface area (Å²) in [6, 6.07) is 11.1. The summed E-state index contributed by atoms with van der Waals surface area (Å²) in [6.07, 6.45) is 4.07. The smallest absolute Gasteiger partial charge is 0.317 e. The molecule has 3 heterocycles. The number of rotatable bonds is 9. The van der Waals surface area contributed by atoms with Crippen LogP contribution in [0.25, 0.3) is 0 Å². The van der Waals surface area contributed by atoms with Gasteiger partial charge in [-0.05, 0) is 49.6 Å². The topological polar surface area (TPSA) is 96.0 Å². The van der Waals surface area contributed by atoms with Crippen LogP contribution < -0.4 is 25.0 Å². The van der Waals surface area contributed by atoms with Crippen molar-refractivity contribution in [2.24, 2.45) is 5.92 Å². The van der Waals surface area contributed by atoms with E-state index in [9.17, 15) is 18.4 Å². The number of aromatic nitrogens is 1. The fourth-order valence-electron chi connectivity index (χ4n) is 5.28. The number of anilines is 1. The predicted octanol–water partition coefficient (Wildman–Crippen LogP) is 4.14. The number of hydrogen-bond acceptors (Lipinski definition) is 6. The molecule has 2 saturated heterocycles. The Kier molecular flexibility index (Phi) is 8.27. The molecule has 0 radical (unpaired) electrons. The van der Waals surface area contributed by atoms with Gasteiger partial charge in [-0.2, -0.15) is 0 Å². The quantitative estimate of drug-likeness (QED) is 0.481. The summed E-state index contributed by atoms with van der Waals surface area (Å²) >= 11 is 0. The Labute approximate surface area is 233 Å². The SMILES string of the molecule is CC(=O)NC1CCCN(C(=O)N[C@@H](C)c2ccc(OC3CCN(c4ccc(OCC5CC5(F)F)cn4)C3)cc2)C1. The fourth-order valence-corrected chi connectivity index (χ4v) is 5.28. The number of nitrogens with zero attached hydrogens (tertiary/aromatic N) is 3. The van der Waals surface area contributed by atoms with Crippen LogP contribution in [-0.2, 0) is 4.79 Å². The molecule has 40 heavy (non-hydrogen) atoms. The van der Waals surface area contributed by atoms with Gasteiger partial charge in [-0.1, -0.05) is 12.1 Å². The van der Waals surface area contributed by atoms with E-state index >= 15 is 0 Å². The molecule has 1 aromatic carbocycles. The second-order valence-electron chi connectivity index (χ2n) is 11.0. The minimum absolute atomic E-state index is 0.00491. The minimum Gasteiger partial charge on any atom is -0.491 e. The Morgan fingerprint density at radius 2 is 1.85 bits per heavy atom. The van der Waals surface area contributed by atoms with Gasteiger partial charge in [0, 0.05) is 45.4 Å². The van der Waals surface area contributed by atoms with Crippen LogP contribution >= 0.6 is 0 Å². The van der Waals surface area contributed by atoms with Crippen molar-refractivity contribution in [3.63, 3.8) is 0 Å². The number of alkyl halides is 2. The largest absolute Gasteiger partial charge is 0.491 e. The van der Waals surface area contributed by atoms with E-state index < -0.39 is 11.8 Å². The third-order valence-electron chi connectivity index (χ3n) is 7.74. The van der Waals surface area contributed by atoms with Crippen molar-refractivity contribution in [3.8, 4) is 11.5 Å². The predicted molar refractivity (Wildman–Crippen MR) is 146 cm³/mol. The molecular weight excluding hydrogens is 520 g/mol. The van der Waals surface area contributed by atoms with Gasteiger partial charge in [0.05, 0.1) is 31.3 Å². The number of ether oxygens (including phenoxy) is 2. The fraction of sp³-hybridized carbons (Fsp3) is 0.552. The first-order chi connectivity index (χ1) is 19.2. The van der Waals surface area contributed by atoms with Gasteiger partial charge in [0.1, 0.15) is 23.4 Å². The van der Waals surface area contributed by atoms with Crippen LogP contribution in [-0.4, -0.2) is 72.7 Å². The Morgan fingerprint density at radius 1 is 1.10 bits per heavy atom. The zero-order chi connectivity index (χ0) is 28.3. The van der Waals surface area contributed by atoms with Gasteiger partial charge < -0.3 is 29.9 Å². The number of urea groups is 1. The molecule has 3 unspecified atom stereocenters. The number of likely N-dealkylation sites (tertiary alicyclic amines) is 1. The average Bonchev–Trinajstić information content (AvgIpc) is 3.29. The lowest BCUT2D eigenvalue weighted by atomic mass is 10.1. The zero-order valence-electron chi connectivity index (χ0n) is 22.9. The van der Waals surface area contributed by atoms with E-state index in [2.05, 4.69) is 20.5 Å². The molecule has 3 fully saturated rings. The molecule has 2 aromatic rings. The maximum Gasteiger partial charge on any atom is 0.317 e. The van der Waals surface area contributed by atoms with E-state index in [-0.39, 0.29) is 43.2 Å². The third kappa shape index (κ3) is 7.11. The first kappa shape index (κ1) is 27.9. The first-order valence-electron chi connectivity index (χ1n) is 14.0. The molecule has 1 saturated carbocycles. The summed E-state index contributed by atoms with van der Waals surface area (Å²) in [5.74, 6) is -1.30. The molecule has 2 N–H and O–H groups in total. The highest BCUT2D eigenvalue weighted by atomic mass is 19.3. The number of amides is 3. The third-order valence-corrected chi connectivity index (χ3v) is 7.74. The molecular formula is C29H37F2N5O4. The maximum atomic E-state index is 13.0. The molecule has 3 aliphatic rings. The second-order valence-corrected chi connectivity index (χ2v) is 11.0. The van der Waals surface area contributed by atoms with Crippen molar-refractivity contribution >= 4 is 17.8 Å². The van der Waals surface area contributed by atoms with Gasteiger partial charge in [0.25, 0.3) is 5.92 Å². The summed E-state index contributed by atoms with van der Waals surface area (Å²) in [4.78, 5) is 32.5. The standard InChI is InChI=1S/C29H37F2N5O4/c1-19(33-28(38)36-12-3-4-23(16-36)34-20(2)37)21-5-7-24(8-6-21)40-26-11-13-35(17-26)27-10-9-25(15-32-27)39-18-22-14-29(22,30)31/h5-10,15,19,22-23,26H,3-4,11-14,16-18H2,1-2H3,(H,33,38)(H,34,37)/t19-,22?,23?,26?/m0/s1. The van der Waals surface area contributed by atoms with Crippen LogP contribution in [0.2, 0.25) is 0 Å². The van der Waals surface area contributed by atoms with Crippen LogP contribution in [0.15, 0.2) is 42.6 Å². The number of halogens is 2. The Morgan fingerprint density at radius 3 is 2.52 bits per heavy atom. The van der Waals surface area contributed by atoms with Crippen LogP contribution in [0.1, 0.15) is 51.1 Å². The van der Waals surface area contributed by atoms with Gasteiger partial charge in [-0.25, -0.2) is 18.6 Å². The van der Waals surface area contributed by atoms with Crippen LogP contribution in [0, 0.1) is 5.92 Å². The van der Waals surface area contributed by atoms with Crippen molar-refractivity contribution in [1.82, 2.24) is 20.5 Å². The van der Waals surface area contributed by atoms with Gasteiger partial charge in [0.15, 0.2) is 0 Å². The Balaban J connectivity index is 1.06. The molecule has 2 aliphatic heterocycles. The zero-order valence-corrected chi connectivity index (χ0v) is 22.9. The minimum atomic E-state index is -2.58. The molecule has 0 spiro atoms. The highest BCUT2D eigenvalue weighted by molar-refractivity contribution is 5.76. The summed E-state index contributed by atoms with van der Waals surface area (Å²) in [6.45, 7) is 6.12. The Bertz CT molecular complexity index is 1180. The molecule has 11 heteroatoms. The normalized spacial score (nSPS) is 24.2. The molecule has 5 rings (SSSR count). The first-order valence-corrected chi connectivity index (χ1v) is 14.0. The van der Waals surface area contributed by atoms with Crippen molar-refractivity contribution < 1.29 is 27.8 Å². The number of piperidine rings is 1. The lowest BCUT2D eigenvalue weighted by Gasteiger charge is -2.33. The van der Waals surface area contributed by atoms with E-state index in [0.717, 1.165) is 42.9 Å². The van der Waals surface area contributed by atoms with E-state index in [1.165, 1.54) is 6.92 Å². The lowest BCUT2D eigenvalue weighted by molar-refractivity contribution is -0.119. The lowest BCUT2D eigenvalue weighted by Crippen LogP contribution is -2.52. The van der Waals surface area contributed by atoms with Gasteiger partial charge in [-0.15, -0.1) is 0 Å². The molecule has 1 aliphatic carbocycles. The van der Waals surface area contributed by atoms with Gasteiger partial charge >= 0.3 is 6.03 Å². The number of pyridine rings is 1. The summed E-state index contributed by atoms with van der Waals surface area (Å²) < 4.78 is 37.7. The summed E-state index contributed by atoms with van der Waals surface area (Å²) in [7, 11) is 0. The van der Waals surface area contributed by atoms with Crippen LogP contribution in [0.5, 0.6) is 11.5 Å². The monoisotopic (exact) mass is 557 g/mol. The molecule has 3 amide bonds. The molecule has 9 nitrogen and oxygen atoms in total. The highest BCUT2D eigenvalue weighted by Crippen LogP contribution is 2.48. The number of carbonyl (C=O) groups is 2. The van der Waals surface area contributed by atoms with Crippen molar-refractivity contribution in [3.05, 3.63) is 48.2 Å². The maximum absolute atomic E-state index is 13.0. The van der Waals surface area contributed by atoms with Gasteiger partial charge in [0.2, 0.25) is 5.91 Å². The van der Waals surface area contributed by atoms with E-state index in [4.69, 9.17) is 9.47 Å². The van der Waals surface area contributed by atoms with E-state index in [1.807, 2.05) is 37.3 Å². The average molecular weight is 558 g/mol. The van der Waals surface area contributed by atoms with Crippen molar-refractivity contribution in [2.75, 3.05) is 37.7 Å². The van der Waals surface area contributed by atoms with E-state index in [0.29, 0.717) is 25.4 Å². The summed E-state index contributed by atoms with van der Waals surface area (Å²) in [5, 5.41) is 5.96. The number of carbonyl (C=O) groups excluding carboxylic acids is 2. The number of hydrogen-bond donors (Lipinski definition) is 2. The van der Waals surface area contributed by atoms with Crippen molar-refractivity contribution in [1.29, 1.82) is 0 Å². The number of nitrogens with one attached hydrogen (secondary N) is 2. The van der Waals surface area contributed by atoms with Crippen molar-refractivity contribution in [2.45, 2.75) is 63.6 Å². The van der Waals surface area contributed by atoms with Crippen LogP contribution in [0.4, 0.5) is 19.4 Å². The summed E-state index contributed by atoms with van der Waals surface area (Å²) in [5.41, 5.74) is 0.973. The molecule has 0 bridgehead atoms.